The van der Waals surface area contributed by atoms with E-state index < -0.39 is 0 Å². The van der Waals surface area contributed by atoms with Crippen molar-refractivity contribution >= 4 is 33.3 Å². The predicted octanol–water partition coefficient (Wildman–Crippen LogP) is 3.98. The number of carbonyl (C=O) groups excluding carboxylic acids is 1. The van der Waals surface area contributed by atoms with E-state index in [1.54, 1.807) is 12.1 Å². The topological polar surface area (TPSA) is 30.0 Å². The summed E-state index contributed by atoms with van der Waals surface area (Å²) in [4.78, 5) is 15.9. The highest BCUT2D eigenvalue weighted by molar-refractivity contribution is 9.09. The largest absolute Gasteiger partial charge is 0.291 e. The molecule has 4 heteroatoms. The van der Waals surface area contributed by atoms with Gasteiger partial charge < -0.3 is 0 Å². The normalized spacial score (nSPS) is 10.2. The SMILES string of the molecule is O=C(CBr)c1cccc(-c2ccccc2Cl)n1. The molecule has 86 valence electrons. The minimum atomic E-state index is -0.0427. The predicted molar refractivity (Wildman–Crippen MR) is 72.8 cm³/mol. The molecule has 2 aromatic rings. The van der Waals surface area contributed by atoms with Crippen molar-refractivity contribution in [1.29, 1.82) is 0 Å². The van der Waals surface area contributed by atoms with Crippen LogP contribution < -0.4 is 0 Å². The van der Waals surface area contributed by atoms with Gasteiger partial charge in [-0.15, -0.1) is 0 Å². The van der Waals surface area contributed by atoms with E-state index in [1.807, 2.05) is 30.3 Å². The third-order valence-electron chi connectivity index (χ3n) is 2.31. The number of aromatic nitrogens is 1. The average Bonchev–Trinajstić information content (AvgIpc) is 2.38. The molecule has 0 fully saturated rings. The molecular formula is C13H9BrClNO. The van der Waals surface area contributed by atoms with Crippen LogP contribution in [-0.4, -0.2) is 16.1 Å². The van der Waals surface area contributed by atoms with Crippen LogP contribution in [-0.2, 0) is 0 Å². The lowest BCUT2D eigenvalue weighted by atomic mass is 10.1. The van der Waals surface area contributed by atoms with Gasteiger partial charge in [-0.05, 0) is 18.2 Å². The van der Waals surface area contributed by atoms with Crippen molar-refractivity contribution in [3.63, 3.8) is 0 Å². The highest BCUT2D eigenvalue weighted by Crippen LogP contribution is 2.25. The van der Waals surface area contributed by atoms with Crippen molar-refractivity contribution in [2.45, 2.75) is 0 Å². The fourth-order valence-electron chi connectivity index (χ4n) is 1.48. The van der Waals surface area contributed by atoms with Gasteiger partial charge >= 0.3 is 0 Å². The summed E-state index contributed by atoms with van der Waals surface area (Å²) in [7, 11) is 0. The van der Waals surface area contributed by atoms with Gasteiger partial charge in [0.2, 0.25) is 0 Å². The molecule has 0 atom stereocenters. The number of nitrogens with zero attached hydrogens (tertiary/aromatic N) is 1. The minimum Gasteiger partial charge on any atom is -0.291 e. The smallest absolute Gasteiger partial charge is 0.191 e. The van der Waals surface area contributed by atoms with E-state index in [1.165, 1.54) is 0 Å². The van der Waals surface area contributed by atoms with Crippen LogP contribution in [0.2, 0.25) is 5.02 Å². The Hall–Kier alpha value is -1.19. The fourth-order valence-corrected chi connectivity index (χ4v) is 2.00. The van der Waals surface area contributed by atoms with Crippen LogP contribution >= 0.6 is 27.5 Å². The summed E-state index contributed by atoms with van der Waals surface area (Å²) in [6, 6.07) is 12.8. The molecule has 2 rings (SSSR count). The molecule has 0 spiro atoms. The molecule has 0 aliphatic carbocycles. The lowest BCUT2D eigenvalue weighted by molar-refractivity contribution is 0.101. The number of benzene rings is 1. The molecular weight excluding hydrogens is 302 g/mol. The molecule has 0 N–H and O–H groups in total. The molecule has 1 aromatic carbocycles. The van der Waals surface area contributed by atoms with Gasteiger partial charge in [0.05, 0.1) is 11.0 Å². The maximum Gasteiger partial charge on any atom is 0.191 e. The Balaban J connectivity index is 2.47. The quantitative estimate of drug-likeness (QED) is 0.634. The van der Waals surface area contributed by atoms with Crippen LogP contribution in [0, 0.1) is 0 Å². The molecule has 1 aromatic heterocycles. The van der Waals surface area contributed by atoms with E-state index in [0.717, 1.165) is 5.56 Å². The molecule has 0 saturated carbocycles. The standard InChI is InChI=1S/C13H9BrClNO/c14-8-13(17)12-7-3-6-11(16-12)9-4-1-2-5-10(9)15/h1-7H,8H2. The van der Waals surface area contributed by atoms with Gasteiger partial charge in [0.1, 0.15) is 5.69 Å². The summed E-state index contributed by atoms with van der Waals surface area (Å²) in [6.45, 7) is 0. The number of halogens is 2. The highest BCUT2D eigenvalue weighted by Gasteiger charge is 2.08. The van der Waals surface area contributed by atoms with Crippen LogP contribution in [0.1, 0.15) is 10.5 Å². The van der Waals surface area contributed by atoms with E-state index in [-0.39, 0.29) is 11.1 Å². The average molecular weight is 311 g/mol. The Morgan fingerprint density at radius 3 is 2.65 bits per heavy atom. The first kappa shape index (κ1) is 12.3. The Kier molecular flexibility index (Phi) is 3.92. The third kappa shape index (κ3) is 2.73. The van der Waals surface area contributed by atoms with Crippen molar-refractivity contribution in [3.05, 3.63) is 53.2 Å². The van der Waals surface area contributed by atoms with Gasteiger partial charge in [-0.2, -0.15) is 0 Å². The number of hydrogen-bond donors (Lipinski definition) is 0. The number of alkyl halides is 1. The van der Waals surface area contributed by atoms with Crippen molar-refractivity contribution in [3.8, 4) is 11.3 Å². The first-order chi connectivity index (χ1) is 8.22. The lowest BCUT2D eigenvalue weighted by Crippen LogP contribution is -2.03. The van der Waals surface area contributed by atoms with E-state index >= 15 is 0 Å². The minimum absolute atomic E-state index is 0.0427. The fraction of sp³-hybridized carbons (Fsp3) is 0.0769. The zero-order valence-electron chi connectivity index (χ0n) is 8.86. The van der Waals surface area contributed by atoms with Crippen LogP contribution in [0.3, 0.4) is 0 Å². The molecule has 1 heterocycles. The third-order valence-corrected chi connectivity index (χ3v) is 3.14. The maximum absolute atomic E-state index is 11.5. The van der Waals surface area contributed by atoms with Crippen molar-refractivity contribution in [2.24, 2.45) is 0 Å². The van der Waals surface area contributed by atoms with E-state index in [4.69, 9.17) is 11.6 Å². The Bertz CT molecular complexity index is 557. The molecule has 2 nitrogen and oxygen atoms in total. The first-order valence-corrected chi connectivity index (χ1v) is 6.53. The second-order valence-corrected chi connectivity index (χ2v) is 4.41. The summed E-state index contributed by atoms with van der Waals surface area (Å²) >= 11 is 9.22. The molecule has 17 heavy (non-hydrogen) atoms. The van der Waals surface area contributed by atoms with Crippen LogP contribution in [0.25, 0.3) is 11.3 Å². The van der Waals surface area contributed by atoms with Gasteiger partial charge in [-0.25, -0.2) is 4.98 Å². The molecule has 0 amide bonds. The van der Waals surface area contributed by atoms with E-state index in [9.17, 15) is 4.79 Å². The van der Waals surface area contributed by atoms with Crippen LogP contribution in [0.4, 0.5) is 0 Å². The lowest BCUT2D eigenvalue weighted by Gasteiger charge is -2.04. The van der Waals surface area contributed by atoms with Crippen LogP contribution in [0.5, 0.6) is 0 Å². The van der Waals surface area contributed by atoms with Gasteiger partial charge in [0.15, 0.2) is 5.78 Å². The molecule has 0 aliphatic heterocycles. The number of pyridine rings is 1. The Morgan fingerprint density at radius 2 is 1.94 bits per heavy atom. The summed E-state index contributed by atoms with van der Waals surface area (Å²) in [5.74, 6) is -0.0427. The zero-order valence-corrected chi connectivity index (χ0v) is 11.2. The van der Waals surface area contributed by atoms with Gasteiger partial charge in [0, 0.05) is 10.6 Å². The van der Waals surface area contributed by atoms with E-state index in [0.29, 0.717) is 16.4 Å². The first-order valence-electron chi connectivity index (χ1n) is 5.03. The molecule has 0 saturated heterocycles. The monoisotopic (exact) mass is 309 g/mol. The molecule has 0 radical (unpaired) electrons. The Morgan fingerprint density at radius 1 is 1.18 bits per heavy atom. The number of hydrogen-bond acceptors (Lipinski definition) is 2. The van der Waals surface area contributed by atoms with Gasteiger partial charge in [-0.1, -0.05) is 51.8 Å². The van der Waals surface area contributed by atoms with E-state index in [2.05, 4.69) is 20.9 Å². The molecule has 0 aliphatic rings. The molecule has 0 bridgehead atoms. The second-order valence-electron chi connectivity index (χ2n) is 3.44. The summed E-state index contributed by atoms with van der Waals surface area (Å²) in [5.41, 5.74) is 1.99. The number of ketones is 1. The van der Waals surface area contributed by atoms with Gasteiger partial charge in [0.25, 0.3) is 0 Å². The zero-order chi connectivity index (χ0) is 12.3. The second kappa shape index (κ2) is 5.43. The summed E-state index contributed by atoms with van der Waals surface area (Å²) in [6.07, 6.45) is 0. The van der Waals surface area contributed by atoms with Crippen LogP contribution in [0.15, 0.2) is 42.5 Å². The summed E-state index contributed by atoms with van der Waals surface area (Å²) < 4.78 is 0. The van der Waals surface area contributed by atoms with Crippen molar-refractivity contribution in [1.82, 2.24) is 4.98 Å². The van der Waals surface area contributed by atoms with Gasteiger partial charge in [-0.3, -0.25) is 4.79 Å². The van der Waals surface area contributed by atoms with Crippen molar-refractivity contribution < 1.29 is 4.79 Å². The summed E-state index contributed by atoms with van der Waals surface area (Å²) in [5, 5.41) is 0.898. The number of Topliss-reactive ketones (excluding diaryl/α,β-unsaturated/α-hetero) is 1. The highest BCUT2D eigenvalue weighted by atomic mass is 79.9. The Labute approximate surface area is 113 Å². The maximum atomic E-state index is 11.5. The number of rotatable bonds is 3. The molecule has 0 unspecified atom stereocenters. The number of carbonyl (C=O) groups is 1. The van der Waals surface area contributed by atoms with Crippen molar-refractivity contribution in [2.75, 3.05) is 5.33 Å².